The van der Waals surface area contributed by atoms with Crippen molar-refractivity contribution in [2.45, 2.75) is 6.61 Å². The average molecular weight is 313 g/mol. The molecule has 104 valence electrons. The Balaban J connectivity index is 2.17. The van der Waals surface area contributed by atoms with Gasteiger partial charge in [0.2, 0.25) is 0 Å². The monoisotopic (exact) mass is 312 g/mol. The summed E-state index contributed by atoms with van der Waals surface area (Å²) in [6.45, 7) is 0.00488. The Morgan fingerprint density at radius 1 is 1.20 bits per heavy atom. The lowest BCUT2D eigenvalue weighted by atomic mass is 10.1. The largest absolute Gasteiger partial charge is 0.489 e. The lowest BCUT2D eigenvalue weighted by molar-refractivity contribution is 0.300. The minimum absolute atomic E-state index is 0.00488. The summed E-state index contributed by atoms with van der Waals surface area (Å²) in [5.41, 5.74) is 5.66. The third-order valence-electron chi connectivity index (χ3n) is 2.65. The van der Waals surface area contributed by atoms with Crippen molar-refractivity contribution < 1.29 is 9.13 Å². The minimum Gasteiger partial charge on any atom is -0.489 e. The molecule has 0 spiro atoms. The number of hydrogen-bond acceptors (Lipinski definition) is 2. The van der Waals surface area contributed by atoms with Gasteiger partial charge < -0.3 is 10.5 Å². The molecule has 0 saturated carbocycles. The molecule has 0 aromatic heterocycles. The van der Waals surface area contributed by atoms with Crippen LogP contribution in [0.1, 0.15) is 11.1 Å². The van der Waals surface area contributed by atoms with Crippen molar-refractivity contribution in [2.24, 2.45) is 5.73 Å². The smallest absolute Gasteiger partial charge is 0.140 e. The van der Waals surface area contributed by atoms with E-state index in [1.165, 1.54) is 6.07 Å². The molecule has 2 aromatic rings. The highest BCUT2D eigenvalue weighted by atomic mass is 35.5. The highest BCUT2D eigenvalue weighted by Gasteiger charge is 2.10. The van der Waals surface area contributed by atoms with E-state index in [0.717, 1.165) is 0 Å². The molecule has 3 N–H and O–H groups in total. The molecule has 20 heavy (non-hydrogen) atoms. The Kier molecular flexibility index (Phi) is 4.47. The molecule has 0 amide bonds. The number of nitrogens with two attached hydrogens (primary N) is 1. The number of amidine groups is 1. The molecule has 0 heterocycles. The molecule has 6 heteroatoms. The molecular weight excluding hydrogens is 302 g/mol. The van der Waals surface area contributed by atoms with Gasteiger partial charge >= 0.3 is 0 Å². The quantitative estimate of drug-likeness (QED) is 0.662. The summed E-state index contributed by atoms with van der Waals surface area (Å²) in [4.78, 5) is 0. The molecular formula is C14H11Cl2FN2O. The maximum Gasteiger partial charge on any atom is 0.140 e. The Labute approximate surface area is 125 Å². The van der Waals surface area contributed by atoms with E-state index >= 15 is 0 Å². The fourth-order valence-corrected chi connectivity index (χ4v) is 1.92. The van der Waals surface area contributed by atoms with Gasteiger partial charge in [-0.2, -0.15) is 0 Å². The van der Waals surface area contributed by atoms with Gasteiger partial charge in [0.25, 0.3) is 0 Å². The van der Waals surface area contributed by atoms with Gasteiger partial charge in [-0.15, -0.1) is 0 Å². The summed E-state index contributed by atoms with van der Waals surface area (Å²) >= 11 is 11.7. The standard InChI is InChI=1S/C14H11Cl2FN2O/c15-11-5-4-9(6-12(11)16)20-7-8-2-1-3-10(13(8)17)14(18)19/h1-6H,7H2,(H3,18,19). The highest BCUT2D eigenvalue weighted by Crippen LogP contribution is 2.27. The molecule has 2 rings (SSSR count). The molecule has 0 unspecified atom stereocenters. The zero-order chi connectivity index (χ0) is 14.7. The van der Waals surface area contributed by atoms with E-state index in [4.69, 9.17) is 39.1 Å². The van der Waals surface area contributed by atoms with E-state index in [-0.39, 0.29) is 18.0 Å². The van der Waals surface area contributed by atoms with Gasteiger partial charge in [-0.05, 0) is 18.2 Å². The zero-order valence-corrected chi connectivity index (χ0v) is 11.8. The number of hydrogen-bond donors (Lipinski definition) is 2. The second kappa shape index (κ2) is 6.11. The Hall–Kier alpha value is -1.78. The Morgan fingerprint density at radius 3 is 2.60 bits per heavy atom. The van der Waals surface area contributed by atoms with Crippen LogP contribution >= 0.6 is 23.2 Å². The fraction of sp³-hybridized carbons (Fsp3) is 0.0714. The summed E-state index contributed by atoms with van der Waals surface area (Å²) in [6, 6.07) is 9.42. The summed E-state index contributed by atoms with van der Waals surface area (Å²) in [7, 11) is 0. The first-order chi connectivity index (χ1) is 9.49. The molecule has 0 aliphatic heterocycles. The molecule has 0 aliphatic carbocycles. The summed E-state index contributed by atoms with van der Waals surface area (Å²) in [5.74, 6) is -0.397. The number of ether oxygens (including phenoxy) is 1. The average Bonchev–Trinajstić information content (AvgIpc) is 2.41. The molecule has 0 aliphatic rings. The van der Waals surface area contributed by atoms with E-state index in [2.05, 4.69) is 0 Å². The number of nitrogen functional groups attached to an aromatic ring is 1. The molecule has 0 saturated heterocycles. The van der Waals surface area contributed by atoms with Crippen molar-refractivity contribution in [3.05, 3.63) is 63.4 Å². The second-order valence-electron chi connectivity index (χ2n) is 4.06. The van der Waals surface area contributed by atoms with Crippen LogP contribution in [0, 0.1) is 11.2 Å². The van der Waals surface area contributed by atoms with Gasteiger partial charge in [0.1, 0.15) is 24.0 Å². The van der Waals surface area contributed by atoms with Crippen LogP contribution in [0.15, 0.2) is 36.4 Å². The van der Waals surface area contributed by atoms with Crippen LogP contribution in [0.3, 0.4) is 0 Å². The summed E-state index contributed by atoms with van der Waals surface area (Å²) in [5, 5.41) is 8.07. The van der Waals surface area contributed by atoms with Crippen molar-refractivity contribution >= 4 is 29.0 Å². The molecule has 0 bridgehead atoms. The summed E-state index contributed by atoms with van der Waals surface area (Å²) in [6.07, 6.45) is 0. The molecule has 0 atom stereocenters. The normalized spacial score (nSPS) is 10.3. The van der Waals surface area contributed by atoms with Gasteiger partial charge in [0.05, 0.1) is 15.6 Å². The first kappa shape index (κ1) is 14.6. The van der Waals surface area contributed by atoms with Crippen molar-refractivity contribution in [1.82, 2.24) is 0 Å². The lowest BCUT2D eigenvalue weighted by Crippen LogP contribution is -2.14. The van der Waals surface area contributed by atoms with E-state index in [9.17, 15) is 4.39 Å². The highest BCUT2D eigenvalue weighted by molar-refractivity contribution is 6.42. The maximum atomic E-state index is 14.0. The Bertz CT molecular complexity index is 662. The van der Waals surface area contributed by atoms with Gasteiger partial charge in [-0.3, -0.25) is 5.41 Å². The van der Waals surface area contributed by atoms with Crippen LogP contribution in [0.4, 0.5) is 4.39 Å². The number of benzene rings is 2. The first-order valence-electron chi connectivity index (χ1n) is 5.68. The minimum atomic E-state index is -0.555. The fourth-order valence-electron chi connectivity index (χ4n) is 1.63. The van der Waals surface area contributed by atoms with Crippen LogP contribution in [0.5, 0.6) is 5.75 Å². The van der Waals surface area contributed by atoms with Crippen LogP contribution in [-0.4, -0.2) is 5.84 Å². The topological polar surface area (TPSA) is 59.1 Å². The van der Waals surface area contributed by atoms with E-state index in [1.54, 1.807) is 30.3 Å². The van der Waals surface area contributed by atoms with Crippen molar-refractivity contribution in [2.75, 3.05) is 0 Å². The third-order valence-corrected chi connectivity index (χ3v) is 3.39. The van der Waals surface area contributed by atoms with E-state index in [0.29, 0.717) is 21.4 Å². The number of halogens is 3. The van der Waals surface area contributed by atoms with Gasteiger partial charge in [0.15, 0.2) is 0 Å². The van der Waals surface area contributed by atoms with Crippen LogP contribution in [-0.2, 0) is 6.61 Å². The first-order valence-corrected chi connectivity index (χ1v) is 6.44. The third kappa shape index (κ3) is 3.21. The van der Waals surface area contributed by atoms with Crippen LogP contribution in [0.25, 0.3) is 0 Å². The zero-order valence-electron chi connectivity index (χ0n) is 10.3. The molecule has 3 nitrogen and oxygen atoms in total. The number of rotatable bonds is 4. The van der Waals surface area contributed by atoms with E-state index in [1.807, 2.05) is 0 Å². The Morgan fingerprint density at radius 2 is 1.95 bits per heavy atom. The van der Waals surface area contributed by atoms with Crippen LogP contribution < -0.4 is 10.5 Å². The number of nitrogens with one attached hydrogen (secondary N) is 1. The van der Waals surface area contributed by atoms with E-state index < -0.39 is 5.82 Å². The maximum absolute atomic E-state index is 14.0. The van der Waals surface area contributed by atoms with Crippen LogP contribution in [0.2, 0.25) is 10.0 Å². The SMILES string of the molecule is N=C(N)c1cccc(COc2ccc(Cl)c(Cl)c2)c1F. The van der Waals surface area contributed by atoms with Gasteiger partial charge in [-0.25, -0.2) is 4.39 Å². The molecule has 0 radical (unpaired) electrons. The second-order valence-corrected chi connectivity index (χ2v) is 4.87. The van der Waals surface area contributed by atoms with Crippen molar-refractivity contribution in [3.8, 4) is 5.75 Å². The predicted octanol–water partition coefficient (Wildman–Crippen LogP) is 4.00. The van der Waals surface area contributed by atoms with Gasteiger partial charge in [0, 0.05) is 11.6 Å². The molecule has 2 aromatic carbocycles. The van der Waals surface area contributed by atoms with Crippen molar-refractivity contribution in [3.63, 3.8) is 0 Å². The van der Waals surface area contributed by atoms with Crippen molar-refractivity contribution in [1.29, 1.82) is 5.41 Å². The predicted molar refractivity (Wildman–Crippen MR) is 78.2 cm³/mol. The summed E-state index contributed by atoms with van der Waals surface area (Å²) < 4.78 is 19.5. The molecule has 0 fully saturated rings. The van der Waals surface area contributed by atoms with Gasteiger partial charge in [-0.1, -0.05) is 35.3 Å². The lowest BCUT2D eigenvalue weighted by Gasteiger charge is -2.10.